The lowest BCUT2D eigenvalue weighted by molar-refractivity contribution is -0.126. The number of aromatic nitrogens is 2. The van der Waals surface area contributed by atoms with Crippen LogP contribution in [0.25, 0.3) is 0 Å². The van der Waals surface area contributed by atoms with E-state index in [9.17, 15) is 4.79 Å². The molecule has 18 heavy (non-hydrogen) atoms. The van der Waals surface area contributed by atoms with Crippen LogP contribution in [0.4, 0.5) is 0 Å². The average Bonchev–Trinajstić information content (AvgIpc) is 2.84. The summed E-state index contributed by atoms with van der Waals surface area (Å²) in [5.74, 6) is 1.61. The summed E-state index contributed by atoms with van der Waals surface area (Å²) in [6, 6.07) is 0.122. The van der Waals surface area contributed by atoms with Crippen LogP contribution in [0.15, 0.2) is 4.52 Å². The number of rotatable bonds is 3. The van der Waals surface area contributed by atoms with Gasteiger partial charge in [0.05, 0.1) is 6.04 Å². The predicted octanol–water partition coefficient (Wildman–Crippen LogP) is 0.897. The van der Waals surface area contributed by atoms with Crippen LogP contribution >= 0.6 is 0 Å². The first-order chi connectivity index (χ1) is 8.61. The number of carbonyl (C=O) groups excluding carboxylic acids is 1. The second kappa shape index (κ2) is 5.48. The number of carbonyl (C=O) groups is 1. The van der Waals surface area contributed by atoms with Crippen LogP contribution in [0, 0.1) is 12.8 Å². The Morgan fingerprint density at radius 2 is 2.17 bits per heavy atom. The van der Waals surface area contributed by atoms with E-state index in [0.717, 1.165) is 25.9 Å². The van der Waals surface area contributed by atoms with E-state index in [2.05, 4.69) is 27.3 Å². The summed E-state index contributed by atoms with van der Waals surface area (Å²) in [7, 11) is 1.69. The first-order valence-electron chi connectivity index (χ1n) is 6.37. The lowest BCUT2D eigenvalue weighted by Gasteiger charge is -2.33. The van der Waals surface area contributed by atoms with Crippen LogP contribution in [0.3, 0.4) is 0 Å². The van der Waals surface area contributed by atoms with Crippen molar-refractivity contribution in [1.29, 1.82) is 0 Å². The van der Waals surface area contributed by atoms with Crippen molar-refractivity contribution in [3.05, 3.63) is 11.7 Å². The van der Waals surface area contributed by atoms with E-state index >= 15 is 0 Å². The minimum absolute atomic E-state index is 0.122. The molecule has 6 heteroatoms. The van der Waals surface area contributed by atoms with Gasteiger partial charge in [0.1, 0.15) is 0 Å². The fourth-order valence-electron chi connectivity index (χ4n) is 2.39. The third-order valence-electron chi connectivity index (χ3n) is 3.60. The first kappa shape index (κ1) is 13.0. The summed E-state index contributed by atoms with van der Waals surface area (Å²) in [6.07, 6.45) is 1.77. The van der Waals surface area contributed by atoms with E-state index in [4.69, 9.17) is 4.52 Å². The van der Waals surface area contributed by atoms with Gasteiger partial charge in [0, 0.05) is 13.0 Å². The average molecular weight is 252 g/mol. The third kappa shape index (κ3) is 2.69. The SMILES string of the molecule is CNC(=O)C1CCN(C(C)c2nc(C)no2)CC1. The number of likely N-dealkylation sites (tertiary alicyclic amines) is 1. The highest BCUT2D eigenvalue weighted by atomic mass is 16.5. The molecule has 1 aromatic rings. The van der Waals surface area contributed by atoms with Gasteiger partial charge in [-0.2, -0.15) is 4.98 Å². The van der Waals surface area contributed by atoms with Crippen molar-refractivity contribution < 1.29 is 9.32 Å². The topological polar surface area (TPSA) is 71.3 Å². The van der Waals surface area contributed by atoms with Gasteiger partial charge in [0.2, 0.25) is 11.8 Å². The quantitative estimate of drug-likeness (QED) is 0.865. The maximum atomic E-state index is 11.5. The van der Waals surface area contributed by atoms with Gasteiger partial charge in [-0.15, -0.1) is 0 Å². The van der Waals surface area contributed by atoms with E-state index in [1.165, 1.54) is 0 Å². The Hall–Kier alpha value is -1.43. The fraction of sp³-hybridized carbons (Fsp3) is 0.750. The minimum Gasteiger partial charge on any atom is -0.359 e. The number of aryl methyl sites for hydroxylation is 1. The molecule has 0 aliphatic carbocycles. The van der Waals surface area contributed by atoms with Crippen LogP contribution in [0.1, 0.15) is 37.5 Å². The summed E-state index contributed by atoms with van der Waals surface area (Å²) in [5.41, 5.74) is 0. The van der Waals surface area contributed by atoms with Crippen LogP contribution < -0.4 is 5.32 Å². The van der Waals surface area contributed by atoms with Gasteiger partial charge in [0.25, 0.3) is 0 Å². The molecule has 100 valence electrons. The molecule has 1 aliphatic heterocycles. The van der Waals surface area contributed by atoms with Crippen molar-refractivity contribution in [3.63, 3.8) is 0 Å². The zero-order valence-electron chi connectivity index (χ0n) is 11.1. The molecule has 1 amide bonds. The zero-order valence-corrected chi connectivity index (χ0v) is 11.1. The van der Waals surface area contributed by atoms with Gasteiger partial charge in [-0.3, -0.25) is 9.69 Å². The monoisotopic (exact) mass is 252 g/mol. The molecule has 1 unspecified atom stereocenters. The Kier molecular flexibility index (Phi) is 3.96. The third-order valence-corrected chi connectivity index (χ3v) is 3.60. The van der Waals surface area contributed by atoms with Gasteiger partial charge in [-0.1, -0.05) is 5.16 Å². The standard InChI is InChI=1S/C12H20N4O2/c1-8(12-14-9(2)15-18-12)16-6-4-10(5-7-16)11(17)13-3/h8,10H,4-7H2,1-3H3,(H,13,17). The second-order valence-electron chi connectivity index (χ2n) is 4.78. The summed E-state index contributed by atoms with van der Waals surface area (Å²) in [4.78, 5) is 18.1. The summed E-state index contributed by atoms with van der Waals surface area (Å²) >= 11 is 0. The van der Waals surface area contributed by atoms with Gasteiger partial charge in [-0.25, -0.2) is 0 Å². The minimum atomic E-state index is 0.122. The van der Waals surface area contributed by atoms with Gasteiger partial charge >= 0.3 is 0 Å². The molecule has 1 N–H and O–H groups in total. The molecule has 0 aromatic carbocycles. The number of nitrogens with one attached hydrogen (secondary N) is 1. The van der Waals surface area contributed by atoms with Crippen LogP contribution in [-0.4, -0.2) is 41.1 Å². The lowest BCUT2D eigenvalue weighted by Crippen LogP contribution is -2.40. The molecule has 1 atom stereocenters. The van der Waals surface area contributed by atoms with E-state index in [-0.39, 0.29) is 17.9 Å². The highest BCUT2D eigenvalue weighted by Gasteiger charge is 2.29. The highest BCUT2D eigenvalue weighted by molar-refractivity contribution is 5.78. The first-order valence-corrected chi connectivity index (χ1v) is 6.37. The van der Waals surface area contributed by atoms with E-state index in [0.29, 0.717) is 11.7 Å². The Morgan fingerprint density at radius 3 is 2.67 bits per heavy atom. The van der Waals surface area contributed by atoms with Gasteiger partial charge in [-0.05, 0) is 39.8 Å². The van der Waals surface area contributed by atoms with Crippen molar-refractivity contribution in [3.8, 4) is 0 Å². The second-order valence-corrected chi connectivity index (χ2v) is 4.78. The van der Waals surface area contributed by atoms with E-state index in [1.54, 1.807) is 7.05 Å². The van der Waals surface area contributed by atoms with Crippen LogP contribution in [-0.2, 0) is 4.79 Å². The molecule has 0 saturated carbocycles. The number of hydrogen-bond acceptors (Lipinski definition) is 5. The lowest BCUT2D eigenvalue weighted by atomic mass is 9.95. The van der Waals surface area contributed by atoms with Crippen molar-refractivity contribution in [1.82, 2.24) is 20.4 Å². The number of nitrogens with zero attached hydrogens (tertiary/aromatic N) is 3. The number of hydrogen-bond donors (Lipinski definition) is 1. The van der Waals surface area contributed by atoms with Crippen LogP contribution in [0.5, 0.6) is 0 Å². The normalized spacial score (nSPS) is 19.7. The van der Waals surface area contributed by atoms with Crippen molar-refractivity contribution in [2.75, 3.05) is 20.1 Å². The molecule has 2 heterocycles. The Balaban J connectivity index is 1.91. The van der Waals surface area contributed by atoms with Crippen molar-refractivity contribution in [2.24, 2.45) is 5.92 Å². The highest BCUT2D eigenvalue weighted by Crippen LogP contribution is 2.25. The zero-order chi connectivity index (χ0) is 13.1. The molecular weight excluding hydrogens is 232 g/mol. The molecule has 1 aliphatic rings. The predicted molar refractivity (Wildman–Crippen MR) is 65.8 cm³/mol. The van der Waals surface area contributed by atoms with Crippen molar-refractivity contribution >= 4 is 5.91 Å². The Morgan fingerprint density at radius 1 is 1.50 bits per heavy atom. The largest absolute Gasteiger partial charge is 0.359 e. The van der Waals surface area contributed by atoms with Gasteiger partial charge in [0.15, 0.2) is 5.82 Å². The molecule has 1 fully saturated rings. The maximum absolute atomic E-state index is 11.5. The molecule has 1 aromatic heterocycles. The van der Waals surface area contributed by atoms with Gasteiger partial charge < -0.3 is 9.84 Å². The summed E-state index contributed by atoms with van der Waals surface area (Å²) in [6.45, 7) is 5.66. The Labute approximate surface area is 107 Å². The number of piperidine rings is 1. The molecule has 6 nitrogen and oxygen atoms in total. The Bertz CT molecular complexity index is 410. The molecule has 1 saturated heterocycles. The van der Waals surface area contributed by atoms with E-state index in [1.807, 2.05) is 6.92 Å². The van der Waals surface area contributed by atoms with Crippen LogP contribution in [0.2, 0.25) is 0 Å². The molecule has 0 radical (unpaired) electrons. The number of amides is 1. The molecule has 2 rings (SSSR count). The molecule has 0 spiro atoms. The summed E-state index contributed by atoms with van der Waals surface area (Å²) in [5, 5.41) is 6.53. The molecule has 0 bridgehead atoms. The molecular formula is C12H20N4O2. The maximum Gasteiger partial charge on any atom is 0.243 e. The smallest absolute Gasteiger partial charge is 0.243 e. The fourth-order valence-corrected chi connectivity index (χ4v) is 2.39. The summed E-state index contributed by atoms with van der Waals surface area (Å²) < 4.78 is 5.19. The van der Waals surface area contributed by atoms with E-state index < -0.39 is 0 Å². The van der Waals surface area contributed by atoms with Crippen molar-refractivity contribution in [2.45, 2.75) is 32.7 Å².